The van der Waals surface area contributed by atoms with Crippen LogP contribution in [0.15, 0.2) is 36.4 Å². The minimum atomic E-state index is -0.748. The van der Waals surface area contributed by atoms with Crippen molar-refractivity contribution < 1.29 is 23.8 Å². The lowest BCUT2D eigenvalue weighted by Gasteiger charge is -2.40. The van der Waals surface area contributed by atoms with E-state index in [0.717, 1.165) is 5.56 Å². The molecule has 0 spiro atoms. The number of nitrogens with one attached hydrogen (secondary N) is 1. The van der Waals surface area contributed by atoms with Gasteiger partial charge in [-0.25, -0.2) is 4.39 Å². The Bertz CT molecular complexity index is 961. The van der Waals surface area contributed by atoms with Crippen molar-refractivity contribution >= 4 is 23.2 Å². The molecule has 2 atom stereocenters. The van der Waals surface area contributed by atoms with E-state index in [1.54, 1.807) is 24.3 Å². The summed E-state index contributed by atoms with van der Waals surface area (Å²) in [5.41, 5.74) is 1.45. The van der Waals surface area contributed by atoms with Gasteiger partial charge in [0.1, 0.15) is 18.5 Å². The molecule has 1 aliphatic rings. The average Bonchev–Trinajstić information content (AvgIpc) is 2.77. The van der Waals surface area contributed by atoms with Crippen LogP contribution in [0.2, 0.25) is 5.02 Å². The van der Waals surface area contributed by atoms with Gasteiger partial charge in [-0.2, -0.15) is 0 Å². The molecule has 0 bridgehead atoms. The van der Waals surface area contributed by atoms with Crippen molar-refractivity contribution in [2.45, 2.75) is 26.0 Å². The molecule has 2 aromatic carbocycles. The van der Waals surface area contributed by atoms with E-state index in [1.165, 1.54) is 19.2 Å². The first-order chi connectivity index (χ1) is 15.8. The van der Waals surface area contributed by atoms with Gasteiger partial charge < -0.3 is 19.9 Å². The molecular formula is C24H31ClFN3O4. The Kier molecular flexibility index (Phi) is 8.91. The monoisotopic (exact) mass is 479 g/mol. The number of nitrogens with zero attached hydrogens (tertiary/aromatic N) is 2. The third kappa shape index (κ3) is 7.04. The number of ether oxygens (including phenoxy) is 2. The molecule has 1 saturated heterocycles. The highest BCUT2D eigenvalue weighted by Gasteiger charge is 2.27. The van der Waals surface area contributed by atoms with E-state index >= 15 is 0 Å². The van der Waals surface area contributed by atoms with Crippen molar-refractivity contribution in [3.63, 3.8) is 0 Å². The number of anilines is 1. The Balaban J connectivity index is 1.45. The molecule has 2 aromatic rings. The van der Waals surface area contributed by atoms with Gasteiger partial charge in [0.05, 0.1) is 19.3 Å². The summed E-state index contributed by atoms with van der Waals surface area (Å²) in [6.07, 6.45) is -0.748. The largest absolute Gasteiger partial charge is 0.495 e. The van der Waals surface area contributed by atoms with Crippen molar-refractivity contribution in [3.05, 3.63) is 52.8 Å². The maximum Gasteiger partial charge on any atom is 0.238 e. The first-order valence-corrected chi connectivity index (χ1v) is 11.3. The van der Waals surface area contributed by atoms with Gasteiger partial charge in [-0.3, -0.25) is 14.6 Å². The van der Waals surface area contributed by atoms with Crippen LogP contribution in [0.5, 0.6) is 11.5 Å². The summed E-state index contributed by atoms with van der Waals surface area (Å²) in [5.74, 6) is 0.0713. The van der Waals surface area contributed by atoms with Crippen LogP contribution in [0.1, 0.15) is 12.5 Å². The highest BCUT2D eigenvalue weighted by Crippen LogP contribution is 2.31. The normalized spacial score (nSPS) is 18.1. The standard InChI is InChI=1S/C24H31ClFN3O4/c1-16-10-21(23(32-3)11-19(16)25)27-24(31)14-28-8-9-29(17(2)12-28)13-18(30)15-33-22-7-5-4-6-20(22)26/h4-7,10-11,17-18,30H,8-9,12-15H2,1-3H3,(H,27,31)/t17-,18+/m0/s1. The maximum atomic E-state index is 13.7. The molecule has 7 nitrogen and oxygen atoms in total. The predicted octanol–water partition coefficient (Wildman–Crippen LogP) is 3.18. The zero-order valence-electron chi connectivity index (χ0n) is 19.2. The van der Waals surface area contributed by atoms with Gasteiger partial charge >= 0.3 is 0 Å². The molecular weight excluding hydrogens is 449 g/mol. The van der Waals surface area contributed by atoms with Crippen LogP contribution >= 0.6 is 11.6 Å². The van der Waals surface area contributed by atoms with E-state index in [-0.39, 0.29) is 30.9 Å². The molecule has 0 aromatic heterocycles. The molecule has 3 rings (SSSR count). The van der Waals surface area contributed by atoms with Crippen LogP contribution < -0.4 is 14.8 Å². The average molecular weight is 480 g/mol. The van der Waals surface area contributed by atoms with Gasteiger partial charge in [0.15, 0.2) is 11.6 Å². The number of aliphatic hydroxyl groups excluding tert-OH is 1. The summed E-state index contributed by atoms with van der Waals surface area (Å²) in [6.45, 7) is 6.68. The number of hydrogen-bond acceptors (Lipinski definition) is 6. The van der Waals surface area contributed by atoms with Crippen molar-refractivity contribution in [2.24, 2.45) is 0 Å². The number of aliphatic hydroxyl groups is 1. The second kappa shape index (κ2) is 11.7. The van der Waals surface area contributed by atoms with Gasteiger partial charge in [0.2, 0.25) is 5.91 Å². The Morgan fingerprint density at radius 3 is 2.76 bits per heavy atom. The summed E-state index contributed by atoms with van der Waals surface area (Å²) >= 11 is 6.13. The number of aryl methyl sites for hydroxylation is 1. The third-order valence-electron chi connectivity index (χ3n) is 5.68. The zero-order chi connectivity index (χ0) is 24.0. The number of amides is 1. The second-order valence-corrected chi connectivity index (χ2v) is 8.73. The van der Waals surface area contributed by atoms with Gasteiger partial charge in [-0.05, 0) is 37.6 Å². The summed E-state index contributed by atoms with van der Waals surface area (Å²) in [4.78, 5) is 16.8. The van der Waals surface area contributed by atoms with E-state index in [2.05, 4.69) is 22.0 Å². The number of hydrogen-bond donors (Lipinski definition) is 2. The Morgan fingerprint density at radius 1 is 1.30 bits per heavy atom. The number of benzene rings is 2. The number of para-hydroxylation sites is 1. The quantitative estimate of drug-likeness (QED) is 0.575. The summed E-state index contributed by atoms with van der Waals surface area (Å²) < 4.78 is 24.4. The summed E-state index contributed by atoms with van der Waals surface area (Å²) in [6, 6.07) is 9.76. The topological polar surface area (TPSA) is 74.3 Å². The Hall–Kier alpha value is -2.39. The van der Waals surface area contributed by atoms with E-state index in [4.69, 9.17) is 21.1 Å². The molecule has 0 aliphatic carbocycles. The lowest BCUT2D eigenvalue weighted by Crippen LogP contribution is -2.55. The maximum absolute atomic E-state index is 13.7. The molecule has 1 amide bonds. The van der Waals surface area contributed by atoms with Gasteiger partial charge in [0, 0.05) is 43.3 Å². The molecule has 1 fully saturated rings. The number of halogens is 2. The number of carbonyl (C=O) groups is 1. The molecule has 0 saturated carbocycles. The molecule has 0 unspecified atom stereocenters. The number of carbonyl (C=O) groups excluding carboxylic acids is 1. The number of rotatable bonds is 9. The van der Waals surface area contributed by atoms with E-state index in [1.807, 2.05) is 6.92 Å². The van der Waals surface area contributed by atoms with E-state index in [0.29, 0.717) is 42.6 Å². The summed E-state index contributed by atoms with van der Waals surface area (Å²) in [7, 11) is 1.54. The molecule has 180 valence electrons. The van der Waals surface area contributed by atoms with Gasteiger partial charge in [-0.15, -0.1) is 0 Å². The minimum absolute atomic E-state index is 0.0125. The first kappa shape index (κ1) is 25.2. The van der Waals surface area contributed by atoms with Crippen LogP contribution in [0.3, 0.4) is 0 Å². The minimum Gasteiger partial charge on any atom is -0.495 e. The second-order valence-electron chi connectivity index (χ2n) is 8.32. The number of methoxy groups -OCH3 is 1. The summed E-state index contributed by atoms with van der Waals surface area (Å²) in [5, 5.41) is 13.8. The Morgan fingerprint density at radius 2 is 2.06 bits per heavy atom. The van der Waals surface area contributed by atoms with Crippen molar-refractivity contribution in [1.82, 2.24) is 9.80 Å². The van der Waals surface area contributed by atoms with Crippen molar-refractivity contribution in [1.29, 1.82) is 0 Å². The fourth-order valence-electron chi connectivity index (χ4n) is 3.88. The van der Waals surface area contributed by atoms with E-state index in [9.17, 15) is 14.3 Å². The molecule has 9 heteroatoms. The van der Waals surface area contributed by atoms with Crippen molar-refractivity contribution in [2.75, 3.05) is 51.8 Å². The lowest BCUT2D eigenvalue weighted by molar-refractivity contribution is -0.118. The molecule has 0 radical (unpaired) electrons. The number of β-amino-alcohol motifs (C(OH)–C–C–N with tert-alkyl or cyclic N) is 1. The smallest absolute Gasteiger partial charge is 0.238 e. The van der Waals surface area contributed by atoms with Crippen LogP contribution in [-0.2, 0) is 4.79 Å². The highest BCUT2D eigenvalue weighted by atomic mass is 35.5. The third-order valence-corrected chi connectivity index (χ3v) is 6.09. The fourth-order valence-corrected chi connectivity index (χ4v) is 4.03. The lowest BCUT2D eigenvalue weighted by atomic mass is 10.1. The van der Waals surface area contributed by atoms with Crippen LogP contribution in [0.25, 0.3) is 0 Å². The Labute approximate surface area is 199 Å². The number of piperazine rings is 1. The highest BCUT2D eigenvalue weighted by molar-refractivity contribution is 6.31. The van der Waals surface area contributed by atoms with Gasteiger partial charge in [-0.1, -0.05) is 23.7 Å². The zero-order valence-corrected chi connectivity index (χ0v) is 19.9. The first-order valence-electron chi connectivity index (χ1n) is 10.9. The molecule has 1 aliphatic heterocycles. The SMILES string of the molecule is COc1cc(Cl)c(C)cc1NC(=O)CN1CCN(C[C@@H](O)COc2ccccc2F)[C@@H](C)C1. The van der Waals surface area contributed by atoms with Crippen LogP contribution in [0.4, 0.5) is 10.1 Å². The molecule has 1 heterocycles. The fraction of sp³-hybridized carbons (Fsp3) is 0.458. The van der Waals surface area contributed by atoms with Crippen LogP contribution in [-0.4, -0.2) is 79.4 Å². The van der Waals surface area contributed by atoms with Crippen molar-refractivity contribution in [3.8, 4) is 11.5 Å². The predicted molar refractivity (Wildman–Crippen MR) is 127 cm³/mol. The molecule has 33 heavy (non-hydrogen) atoms. The van der Waals surface area contributed by atoms with E-state index < -0.39 is 11.9 Å². The van der Waals surface area contributed by atoms with Gasteiger partial charge in [0.25, 0.3) is 0 Å². The molecule has 2 N–H and O–H groups in total. The van der Waals surface area contributed by atoms with Crippen LogP contribution in [0, 0.1) is 12.7 Å².